The molecule has 29 heavy (non-hydrogen) atoms. The highest BCUT2D eigenvalue weighted by atomic mass is 16.5. The number of aromatic nitrogens is 6. The Bertz CT molecular complexity index is 1180. The third kappa shape index (κ3) is 3.61. The first-order valence-corrected chi connectivity index (χ1v) is 9.74. The fourth-order valence-electron chi connectivity index (χ4n) is 3.18. The van der Waals surface area contributed by atoms with Crippen LogP contribution in [0.1, 0.15) is 32.4 Å². The summed E-state index contributed by atoms with van der Waals surface area (Å²) >= 11 is 0. The van der Waals surface area contributed by atoms with E-state index in [0.29, 0.717) is 36.1 Å². The monoisotopic (exact) mass is 390 g/mol. The first-order chi connectivity index (χ1) is 14.2. The summed E-state index contributed by atoms with van der Waals surface area (Å²) in [5.74, 6) is 1.56. The van der Waals surface area contributed by atoms with E-state index in [2.05, 4.69) is 27.0 Å². The molecule has 8 heteroatoms. The van der Waals surface area contributed by atoms with Crippen molar-refractivity contribution in [2.24, 2.45) is 0 Å². The number of ether oxygens (including phenoxy) is 1. The number of nitrogens with one attached hydrogen (secondary N) is 1. The number of para-hydroxylation sites is 1. The van der Waals surface area contributed by atoms with Gasteiger partial charge in [-0.15, -0.1) is 0 Å². The van der Waals surface area contributed by atoms with Crippen LogP contribution >= 0.6 is 0 Å². The van der Waals surface area contributed by atoms with E-state index in [9.17, 15) is 4.79 Å². The Kier molecular flexibility index (Phi) is 5.33. The van der Waals surface area contributed by atoms with Crippen LogP contribution in [0.15, 0.2) is 47.5 Å². The molecule has 3 aromatic heterocycles. The lowest BCUT2D eigenvalue weighted by Crippen LogP contribution is -2.10. The van der Waals surface area contributed by atoms with Gasteiger partial charge in [0.15, 0.2) is 5.52 Å². The van der Waals surface area contributed by atoms with Crippen LogP contribution in [-0.2, 0) is 6.42 Å². The number of nitrogens with zero attached hydrogens (tertiary/aromatic N) is 5. The lowest BCUT2D eigenvalue weighted by atomic mass is 10.1. The lowest BCUT2D eigenvalue weighted by molar-refractivity contribution is 0.318. The van der Waals surface area contributed by atoms with Crippen molar-refractivity contribution in [3.05, 3.63) is 58.8 Å². The molecule has 4 rings (SSSR count). The molecule has 0 amide bonds. The van der Waals surface area contributed by atoms with E-state index in [4.69, 9.17) is 9.72 Å². The largest absolute Gasteiger partial charge is 0.493 e. The van der Waals surface area contributed by atoms with Gasteiger partial charge in [0.25, 0.3) is 11.5 Å². The molecule has 0 spiro atoms. The van der Waals surface area contributed by atoms with Gasteiger partial charge in [-0.3, -0.25) is 4.79 Å². The van der Waals surface area contributed by atoms with Crippen molar-refractivity contribution in [2.75, 3.05) is 6.61 Å². The molecule has 8 nitrogen and oxygen atoms in total. The Morgan fingerprint density at radius 2 is 1.83 bits per heavy atom. The summed E-state index contributed by atoms with van der Waals surface area (Å²) in [6, 6.07) is 9.30. The number of fused-ring (bicyclic) bond motifs is 1. The lowest BCUT2D eigenvalue weighted by Gasteiger charge is -2.10. The van der Waals surface area contributed by atoms with Crippen LogP contribution in [0.25, 0.3) is 28.4 Å². The summed E-state index contributed by atoms with van der Waals surface area (Å²) < 4.78 is 7.45. The van der Waals surface area contributed by atoms with Crippen molar-refractivity contribution < 1.29 is 4.74 Å². The van der Waals surface area contributed by atoms with Gasteiger partial charge in [0.05, 0.1) is 17.9 Å². The van der Waals surface area contributed by atoms with Crippen molar-refractivity contribution in [2.45, 2.75) is 33.1 Å². The number of benzene rings is 1. The molecule has 148 valence electrons. The topological polar surface area (TPSA) is 98.6 Å². The third-order valence-electron chi connectivity index (χ3n) is 4.46. The Balaban J connectivity index is 1.92. The molecule has 0 unspecified atom stereocenters. The third-order valence-corrected chi connectivity index (χ3v) is 4.46. The number of hydrogen-bond acceptors (Lipinski definition) is 6. The number of hydrogen-bond donors (Lipinski definition) is 1. The molecule has 0 saturated heterocycles. The molecule has 1 aromatic carbocycles. The van der Waals surface area contributed by atoms with Crippen LogP contribution in [0.2, 0.25) is 0 Å². The minimum atomic E-state index is -0.303. The maximum absolute atomic E-state index is 12.8. The van der Waals surface area contributed by atoms with E-state index in [1.807, 2.05) is 31.2 Å². The molecule has 1 N–H and O–H groups in total. The SMILES string of the molecule is CCCOc1ccccc1-c1nc2c(CCC)n(-c3ncccn3)nc2c(=O)[nH]1. The van der Waals surface area contributed by atoms with Gasteiger partial charge in [-0.2, -0.15) is 9.78 Å². The molecular formula is C21H22N6O2. The van der Waals surface area contributed by atoms with Crippen LogP contribution in [0.5, 0.6) is 5.75 Å². The zero-order valence-electron chi connectivity index (χ0n) is 16.4. The molecule has 0 aliphatic carbocycles. The Morgan fingerprint density at radius 3 is 2.59 bits per heavy atom. The first kappa shape index (κ1) is 18.8. The van der Waals surface area contributed by atoms with E-state index in [0.717, 1.165) is 24.1 Å². The minimum Gasteiger partial charge on any atom is -0.493 e. The van der Waals surface area contributed by atoms with Crippen LogP contribution < -0.4 is 10.3 Å². The minimum absolute atomic E-state index is 0.275. The van der Waals surface area contributed by atoms with Gasteiger partial charge >= 0.3 is 0 Å². The highest BCUT2D eigenvalue weighted by molar-refractivity contribution is 5.79. The van der Waals surface area contributed by atoms with Gasteiger partial charge in [0.1, 0.15) is 17.1 Å². The van der Waals surface area contributed by atoms with Gasteiger partial charge in [-0.05, 0) is 31.0 Å². The molecule has 0 aliphatic rings. The predicted octanol–water partition coefficient (Wildman–Crippen LogP) is 3.31. The second kappa shape index (κ2) is 8.22. The Hall–Kier alpha value is -3.55. The summed E-state index contributed by atoms with van der Waals surface area (Å²) in [6.45, 7) is 4.71. The van der Waals surface area contributed by atoms with E-state index >= 15 is 0 Å². The maximum Gasteiger partial charge on any atom is 0.279 e. The van der Waals surface area contributed by atoms with E-state index in [1.165, 1.54) is 0 Å². The number of rotatable bonds is 7. The summed E-state index contributed by atoms with van der Waals surface area (Å²) in [4.78, 5) is 29.0. The van der Waals surface area contributed by atoms with Gasteiger partial charge in [0, 0.05) is 12.4 Å². The first-order valence-electron chi connectivity index (χ1n) is 9.74. The quantitative estimate of drug-likeness (QED) is 0.520. The normalized spacial score (nSPS) is 11.1. The van der Waals surface area contributed by atoms with Crippen LogP contribution in [0.3, 0.4) is 0 Å². The molecule has 3 heterocycles. The van der Waals surface area contributed by atoms with E-state index in [1.54, 1.807) is 23.1 Å². The Morgan fingerprint density at radius 1 is 1.03 bits per heavy atom. The standard InChI is InChI=1S/C21H22N6O2/c1-3-8-15-17-18(26-27(15)21-22-11-7-12-23-21)20(28)25-19(24-17)14-9-5-6-10-16(14)29-13-4-2/h5-7,9-12H,3-4,8,13H2,1-2H3,(H,24,25,28). The van der Waals surface area contributed by atoms with Gasteiger partial charge in [-0.1, -0.05) is 32.4 Å². The summed E-state index contributed by atoms with van der Waals surface area (Å²) in [7, 11) is 0. The molecule has 0 radical (unpaired) electrons. The smallest absolute Gasteiger partial charge is 0.279 e. The van der Waals surface area contributed by atoms with Gasteiger partial charge < -0.3 is 9.72 Å². The second-order valence-electron chi connectivity index (χ2n) is 6.61. The zero-order valence-corrected chi connectivity index (χ0v) is 16.4. The molecule has 0 aliphatic heterocycles. The van der Waals surface area contributed by atoms with Gasteiger partial charge in [-0.25, -0.2) is 15.0 Å². The van der Waals surface area contributed by atoms with Crippen LogP contribution in [-0.4, -0.2) is 36.3 Å². The fourth-order valence-corrected chi connectivity index (χ4v) is 3.18. The average Bonchev–Trinajstić information content (AvgIpc) is 3.12. The molecule has 0 saturated carbocycles. The number of H-pyrrole nitrogens is 1. The molecule has 0 atom stereocenters. The number of aryl methyl sites for hydroxylation is 1. The van der Waals surface area contributed by atoms with E-state index in [-0.39, 0.29) is 11.1 Å². The maximum atomic E-state index is 12.8. The second-order valence-corrected chi connectivity index (χ2v) is 6.61. The van der Waals surface area contributed by atoms with Crippen molar-refractivity contribution in [1.29, 1.82) is 0 Å². The summed E-state index contributed by atoms with van der Waals surface area (Å²) in [5, 5.41) is 4.46. The molecule has 4 aromatic rings. The number of aromatic amines is 1. The molecule has 0 fully saturated rings. The van der Waals surface area contributed by atoms with E-state index < -0.39 is 0 Å². The van der Waals surface area contributed by atoms with Crippen molar-refractivity contribution in [1.82, 2.24) is 29.7 Å². The van der Waals surface area contributed by atoms with Crippen molar-refractivity contribution in [3.8, 4) is 23.1 Å². The fraction of sp³-hybridized carbons (Fsp3) is 0.286. The van der Waals surface area contributed by atoms with Crippen molar-refractivity contribution >= 4 is 11.0 Å². The highest BCUT2D eigenvalue weighted by Crippen LogP contribution is 2.28. The van der Waals surface area contributed by atoms with Crippen LogP contribution in [0.4, 0.5) is 0 Å². The van der Waals surface area contributed by atoms with Crippen LogP contribution in [0, 0.1) is 0 Å². The summed E-state index contributed by atoms with van der Waals surface area (Å²) in [6.07, 6.45) is 5.75. The highest BCUT2D eigenvalue weighted by Gasteiger charge is 2.20. The molecule has 0 bridgehead atoms. The van der Waals surface area contributed by atoms with Crippen molar-refractivity contribution in [3.63, 3.8) is 0 Å². The van der Waals surface area contributed by atoms with Gasteiger partial charge in [0.2, 0.25) is 0 Å². The predicted molar refractivity (Wildman–Crippen MR) is 110 cm³/mol. The molecular weight excluding hydrogens is 368 g/mol. The zero-order chi connectivity index (χ0) is 20.2. The average molecular weight is 390 g/mol. The summed E-state index contributed by atoms with van der Waals surface area (Å²) in [5.41, 5.74) is 2.08. The Labute approximate surface area is 167 Å².